The fraction of sp³-hybridized carbons (Fsp3) is 0.294. The first-order valence-corrected chi connectivity index (χ1v) is 7.16. The number of para-hydroxylation sites is 1. The minimum Gasteiger partial charge on any atom is -0.481 e. The van der Waals surface area contributed by atoms with E-state index in [-0.39, 0.29) is 18.9 Å². The minimum atomic E-state index is -0.925. The molecule has 0 atom stereocenters. The second kappa shape index (κ2) is 6.47. The molecule has 5 nitrogen and oxygen atoms in total. The monoisotopic (exact) mass is 300 g/mol. The largest absolute Gasteiger partial charge is 0.481 e. The topological polar surface area (TPSA) is 71.3 Å². The molecule has 0 unspecified atom stereocenters. The van der Waals surface area contributed by atoms with Crippen molar-refractivity contribution in [3.8, 4) is 5.69 Å². The van der Waals surface area contributed by atoms with Crippen molar-refractivity contribution in [2.75, 3.05) is 6.54 Å². The number of hydrogen-bond donors (Lipinski definition) is 2. The number of carbonyl (C=O) groups is 2. The lowest BCUT2D eigenvalue weighted by atomic mass is 10.2. The zero-order chi connectivity index (χ0) is 16.3. The summed E-state index contributed by atoms with van der Waals surface area (Å²) in [5, 5.41) is 11.3. The summed E-state index contributed by atoms with van der Waals surface area (Å²) in [4.78, 5) is 22.7. The highest BCUT2D eigenvalue weighted by atomic mass is 16.4. The Balaban J connectivity index is 2.30. The molecule has 1 amide bonds. The third-order valence-electron chi connectivity index (χ3n) is 3.66. The Hall–Kier alpha value is -2.56. The van der Waals surface area contributed by atoms with Crippen molar-refractivity contribution in [1.29, 1.82) is 0 Å². The van der Waals surface area contributed by atoms with Gasteiger partial charge in [0.15, 0.2) is 0 Å². The van der Waals surface area contributed by atoms with Crippen LogP contribution in [0, 0.1) is 20.8 Å². The van der Waals surface area contributed by atoms with Gasteiger partial charge in [-0.05, 0) is 38.5 Å². The number of hydrogen-bond acceptors (Lipinski definition) is 2. The van der Waals surface area contributed by atoms with Gasteiger partial charge in [-0.25, -0.2) is 0 Å². The molecule has 0 bridgehead atoms. The second-order valence-electron chi connectivity index (χ2n) is 5.31. The van der Waals surface area contributed by atoms with Crippen molar-refractivity contribution in [3.63, 3.8) is 0 Å². The smallest absolute Gasteiger partial charge is 0.305 e. The molecule has 1 aromatic heterocycles. The highest BCUT2D eigenvalue weighted by Gasteiger charge is 2.17. The molecule has 2 aromatic rings. The molecule has 1 aromatic carbocycles. The Bertz CT molecular complexity index is 717. The number of carbonyl (C=O) groups excluding carboxylic acids is 1. The van der Waals surface area contributed by atoms with Gasteiger partial charge < -0.3 is 15.0 Å². The Morgan fingerprint density at radius 1 is 1.18 bits per heavy atom. The van der Waals surface area contributed by atoms with Gasteiger partial charge >= 0.3 is 5.97 Å². The van der Waals surface area contributed by atoms with E-state index in [1.54, 1.807) is 0 Å². The molecule has 2 rings (SSSR count). The van der Waals surface area contributed by atoms with E-state index in [0.717, 1.165) is 22.6 Å². The summed E-state index contributed by atoms with van der Waals surface area (Å²) in [6.45, 7) is 6.00. The lowest BCUT2D eigenvalue weighted by molar-refractivity contribution is -0.136. The normalized spacial score (nSPS) is 10.5. The Kier molecular flexibility index (Phi) is 4.65. The number of aromatic nitrogens is 1. The molecule has 2 N–H and O–H groups in total. The van der Waals surface area contributed by atoms with Gasteiger partial charge in [-0.1, -0.05) is 18.2 Å². The van der Waals surface area contributed by atoms with Crippen molar-refractivity contribution < 1.29 is 14.7 Å². The van der Waals surface area contributed by atoms with E-state index < -0.39 is 5.97 Å². The van der Waals surface area contributed by atoms with Gasteiger partial charge in [0.2, 0.25) is 0 Å². The predicted octanol–water partition coefficient (Wildman–Crippen LogP) is 2.61. The molecular formula is C17H20N2O3. The Morgan fingerprint density at radius 2 is 1.86 bits per heavy atom. The summed E-state index contributed by atoms with van der Waals surface area (Å²) in [6.07, 6.45) is -0.0811. The highest BCUT2D eigenvalue weighted by Crippen LogP contribution is 2.23. The first kappa shape index (κ1) is 15.8. The third-order valence-corrected chi connectivity index (χ3v) is 3.66. The van der Waals surface area contributed by atoms with E-state index in [2.05, 4.69) is 5.32 Å². The summed E-state index contributed by atoms with van der Waals surface area (Å²) >= 11 is 0. The maximum Gasteiger partial charge on any atom is 0.305 e. The molecule has 0 aliphatic heterocycles. The second-order valence-corrected chi connectivity index (χ2v) is 5.31. The molecule has 0 saturated carbocycles. The molecule has 0 fully saturated rings. The van der Waals surface area contributed by atoms with Crippen LogP contribution in [0.2, 0.25) is 0 Å². The average molecular weight is 300 g/mol. The number of aliphatic carboxylic acids is 1. The summed E-state index contributed by atoms with van der Waals surface area (Å²) in [7, 11) is 0. The Morgan fingerprint density at radius 3 is 2.50 bits per heavy atom. The van der Waals surface area contributed by atoms with Crippen LogP contribution in [0.25, 0.3) is 5.69 Å². The van der Waals surface area contributed by atoms with Crippen LogP contribution in [0.3, 0.4) is 0 Å². The molecule has 0 aliphatic carbocycles. The van der Waals surface area contributed by atoms with Crippen LogP contribution in [0.5, 0.6) is 0 Å². The van der Waals surface area contributed by atoms with Crippen LogP contribution >= 0.6 is 0 Å². The number of benzene rings is 1. The zero-order valence-corrected chi connectivity index (χ0v) is 13.0. The number of rotatable bonds is 5. The molecule has 22 heavy (non-hydrogen) atoms. The maximum atomic E-state index is 12.2. The van der Waals surface area contributed by atoms with Crippen LogP contribution < -0.4 is 5.32 Å². The van der Waals surface area contributed by atoms with Gasteiger partial charge in [0.05, 0.1) is 12.0 Å². The third kappa shape index (κ3) is 3.19. The number of nitrogens with zero attached hydrogens (tertiary/aromatic N) is 1. The van der Waals surface area contributed by atoms with E-state index in [9.17, 15) is 9.59 Å². The van der Waals surface area contributed by atoms with E-state index in [1.165, 1.54) is 0 Å². The highest BCUT2D eigenvalue weighted by molar-refractivity contribution is 5.96. The van der Waals surface area contributed by atoms with E-state index in [4.69, 9.17) is 5.11 Å². The van der Waals surface area contributed by atoms with Crippen molar-refractivity contribution in [1.82, 2.24) is 9.88 Å². The molecule has 0 radical (unpaired) electrons. The van der Waals surface area contributed by atoms with E-state index in [1.807, 2.05) is 55.7 Å². The van der Waals surface area contributed by atoms with Crippen molar-refractivity contribution in [2.24, 2.45) is 0 Å². The molecule has 1 heterocycles. The standard InChI is InChI=1S/C17H20N2O3/c1-11-6-4-5-7-15(11)19-12(2)10-14(13(19)3)17(22)18-9-8-16(20)21/h4-7,10H,8-9H2,1-3H3,(H,18,22)(H,20,21). The van der Waals surface area contributed by atoms with Gasteiger partial charge in [-0.15, -0.1) is 0 Å². The predicted molar refractivity (Wildman–Crippen MR) is 84.6 cm³/mol. The molecule has 0 aliphatic rings. The summed E-state index contributed by atoms with van der Waals surface area (Å²) in [5.41, 5.74) is 4.56. The van der Waals surface area contributed by atoms with Gasteiger partial charge in [-0.2, -0.15) is 0 Å². The number of carboxylic acids is 1. The van der Waals surface area contributed by atoms with E-state index >= 15 is 0 Å². The van der Waals surface area contributed by atoms with Crippen molar-refractivity contribution >= 4 is 11.9 Å². The van der Waals surface area contributed by atoms with Crippen LogP contribution in [0.1, 0.15) is 33.7 Å². The summed E-state index contributed by atoms with van der Waals surface area (Å²) < 4.78 is 2.04. The van der Waals surface area contributed by atoms with Crippen LogP contribution in [0.4, 0.5) is 0 Å². The summed E-state index contributed by atoms with van der Waals surface area (Å²) in [6, 6.07) is 9.82. The Labute approximate surface area is 129 Å². The molecule has 5 heteroatoms. The number of amides is 1. The molecule has 116 valence electrons. The molecule has 0 saturated heterocycles. The first-order valence-electron chi connectivity index (χ1n) is 7.16. The molecule has 0 spiro atoms. The quantitative estimate of drug-likeness (QED) is 0.891. The van der Waals surface area contributed by atoms with Gasteiger partial charge in [0.25, 0.3) is 5.91 Å². The number of carboxylic acid groups (broad SMARTS) is 1. The van der Waals surface area contributed by atoms with Crippen LogP contribution in [-0.4, -0.2) is 28.1 Å². The van der Waals surface area contributed by atoms with Crippen molar-refractivity contribution in [3.05, 3.63) is 52.8 Å². The average Bonchev–Trinajstić information content (AvgIpc) is 2.74. The van der Waals surface area contributed by atoms with E-state index in [0.29, 0.717) is 5.56 Å². The molecular weight excluding hydrogens is 280 g/mol. The number of aryl methyl sites for hydroxylation is 2. The van der Waals surface area contributed by atoms with Crippen molar-refractivity contribution in [2.45, 2.75) is 27.2 Å². The zero-order valence-electron chi connectivity index (χ0n) is 13.0. The minimum absolute atomic E-state index is 0.0811. The van der Waals surface area contributed by atoms with Gasteiger partial charge in [0.1, 0.15) is 0 Å². The fourth-order valence-corrected chi connectivity index (χ4v) is 2.56. The first-order chi connectivity index (χ1) is 10.4. The van der Waals surface area contributed by atoms with Crippen LogP contribution in [0.15, 0.2) is 30.3 Å². The summed E-state index contributed by atoms with van der Waals surface area (Å²) in [5.74, 6) is -1.17. The van der Waals surface area contributed by atoms with Gasteiger partial charge in [-0.3, -0.25) is 9.59 Å². The SMILES string of the molecule is Cc1ccccc1-n1c(C)cc(C(=O)NCCC(=O)O)c1C. The lowest BCUT2D eigenvalue weighted by Crippen LogP contribution is -2.26. The maximum absolute atomic E-state index is 12.2. The van der Waals surface area contributed by atoms with Gasteiger partial charge in [0, 0.05) is 23.6 Å². The lowest BCUT2D eigenvalue weighted by Gasteiger charge is -2.12. The fourth-order valence-electron chi connectivity index (χ4n) is 2.56. The number of nitrogens with one attached hydrogen (secondary N) is 1. The van der Waals surface area contributed by atoms with Crippen LogP contribution in [-0.2, 0) is 4.79 Å².